The van der Waals surface area contributed by atoms with Gasteiger partial charge in [-0.2, -0.15) is 4.31 Å². The molecule has 0 aliphatic carbocycles. The maximum absolute atomic E-state index is 13.9. The van der Waals surface area contributed by atoms with E-state index < -0.39 is 15.8 Å². The Bertz CT molecular complexity index is 598. The largest absolute Gasteiger partial charge is 0.399 e. The first kappa shape index (κ1) is 16.2. The fourth-order valence-corrected chi connectivity index (χ4v) is 3.98. The van der Waals surface area contributed by atoms with E-state index in [0.717, 1.165) is 12.5 Å². The quantitative estimate of drug-likeness (QED) is 0.855. The molecule has 1 saturated heterocycles. The van der Waals surface area contributed by atoms with E-state index in [1.54, 1.807) is 0 Å². The summed E-state index contributed by atoms with van der Waals surface area (Å²) in [6.45, 7) is 6.35. The third kappa shape index (κ3) is 3.36. The highest BCUT2D eigenvalue weighted by Gasteiger charge is 2.31. The van der Waals surface area contributed by atoms with E-state index in [4.69, 9.17) is 5.73 Å². The standard InChI is InChI=1S/C14H22FN3O2S/c1-3-11(2)17-6-8-18(9-7-17)21(19,20)14-5-4-12(16)10-13(14)15/h4-5,10-11H,3,6-9,16H2,1-2H3. The second kappa shape index (κ2) is 6.29. The van der Waals surface area contributed by atoms with Crippen molar-refractivity contribution in [3.8, 4) is 0 Å². The van der Waals surface area contributed by atoms with Crippen molar-refractivity contribution < 1.29 is 12.8 Å². The van der Waals surface area contributed by atoms with Gasteiger partial charge in [0.2, 0.25) is 10.0 Å². The average molecular weight is 315 g/mol. The number of nitrogen functional groups attached to an aromatic ring is 1. The molecule has 1 unspecified atom stereocenters. The molecule has 0 spiro atoms. The van der Waals surface area contributed by atoms with Gasteiger partial charge in [-0.15, -0.1) is 0 Å². The fourth-order valence-electron chi connectivity index (χ4n) is 2.51. The van der Waals surface area contributed by atoms with Gasteiger partial charge in [0.25, 0.3) is 0 Å². The van der Waals surface area contributed by atoms with Crippen molar-refractivity contribution in [2.45, 2.75) is 31.2 Å². The Hall–Kier alpha value is -1.18. The number of piperazine rings is 1. The smallest absolute Gasteiger partial charge is 0.246 e. The van der Waals surface area contributed by atoms with Gasteiger partial charge in [0.15, 0.2) is 0 Å². The molecule has 0 aromatic heterocycles. The fraction of sp³-hybridized carbons (Fsp3) is 0.571. The molecule has 7 heteroatoms. The molecular weight excluding hydrogens is 293 g/mol. The topological polar surface area (TPSA) is 66.6 Å². The summed E-state index contributed by atoms with van der Waals surface area (Å²) in [6.07, 6.45) is 1.03. The summed E-state index contributed by atoms with van der Waals surface area (Å²) >= 11 is 0. The summed E-state index contributed by atoms with van der Waals surface area (Å²) < 4.78 is 40.2. The minimum atomic E-state index is -3.79. The molecule has 0 radical (unpaired) electrons. The molecule has 1 aliphatic heterocycles. The van der Waals surface area contributed by atoms with Crippen molar-refractivity contribution in [3.63, 3.8) is 0 Å². The van der Waals surface area contributed by atoms with E-state index in [1.165, 1.54) is 16.4 Å². The van der Waals surface area contributed by atoms with Crippen molar-refractivity contribution in [2.24, 2.45) is 0 Å². The Kier molecular flexibility index (Phi) is 4.85. The third-order valence-electron chi connectivity index (χ3n) is 4.06. The zero-order chi connectivity index (χ0) is 15.6. The Labute approximate surface area is 125 Å². The lowest BCUT2D eigenvalue weighted by molar-refractivity contribution is 0.142. The summed E-state index contributed by atoms with van der Waals surface area (Å²) in [5.74, 6) is -0.792. The van der Waals surface area contributed by atoms with Crippen LogP contribution in [0.5, 0.6) is 0 Å². The molecule has 1 aliphatic rings. The molecule has 0 amide bonds. The summed E-state index contributed by atoms with van der Waals surface area (Å²) in [6, 6.07) is 4.12. The Morgan fingerprint density at radius 2 is 1.90 bits per heavy atom. The SMILES string of the molecule is CCC(C)N1CCN(S(=O)(=O)c2ccc(N)cc2F)CC1. The molecule has 0 bridgehead atoms. The van der Waals surface area contributed by atoms with Crippen molar-refractivity contribution in [3.05, 3.63) is 24.0 Å². The molecule has 1 heterocycles. The second-order valence-electron chi connectivity index (χ2n) is 5.39. The zero-order valence-corrected chi connectivity index (χ0v) is 13.2. The number of anilines is 1. The van der Waals surface area contributed by atoms with Crippen molar-refractivity contribution in [1.29, 1.82) is 0 Å². The van der Waals surface area contributed by atoms with E-state index in [1.807, 2.05) is 0 Å². The molecule has 2 rings (SSSR count). The van der Waals surface area contributed by atoms with Crippen molar-refractivity contribution in [1.82, 2.24) is 9.21 Å². The molecule has 118 valence electrons. The normalized spacial score (nSPS) is 19.6. The Morgan fingerprint density at radius 3 is 2.43 bits per heavy atom. The molecule has 2 N–H and O–H groups in total. The number of halogens is 1. The van der Waals surface area contributed by atoms with E-state index in [9.17, 15) is 12.8 Å². The van der Waals surface area contributed by atoms with Crippen LogP contribution in [0.15, 0.2) is 23.1 Å². The first-order valence-electron chi connectivity index (χ1n) is 7.15. The van der Waals surface area contributed by atoms with Crippen LogP contribution in [0.25, 0.3) is 0 Å². The van der Waals surface area contributed by atoms with Gasteiger partial charge in [-0.25, -0.2) is 12.8 Å². The summed E-state index contributed by atoms with van der Waals surface area (Å²) in [4.78, 5) is 1.96. The van der Waals surface area contributed by atoms with Crippen LogP contribution >= 0.6 is 0 Å². The first-order valence-corrected chi connectivity index (χ1v) is 8.59. The number of benzene rings is 1. The highest BCUT2D eigenvalue weighted by Crippen LogP contribution is 2.23. The highest BCUT2D eigenvalue weighted by molar-refractivity contribution is 7.89. The lowest BCUT2D eigenvalue weighted by atomic mass is 10.2. The van der Waals surface area contributed by atoms with E-state index in [2.05, 4.69) is 18.7 Å². The van der Waals surface area contributed by atoms with Crippen LogP contribution in [-0.2, 0) is 10.0 Å². The molecule has 1 fully saturated rings. The van der Waals surface area contributed by atoms with Crippen LogP contribution in [0.4, 0.5) is 10.1 Å². The predicted molar refractivity (Wildman–Crippen MR) is 80.9 cm³/mol. The van der Waals surface area contributed by atoms with Gasteiger partial charge in [-0.05, 0) is 31.5 Å². The molecular formula is C14H22FN3O2S. The molecule has 1 aromatic rings. The van der Waals surface area contributed by atoms with Gasteiger partial charge in [-0.1, -0.05) is 6.92 Å². The zero-order valence-electron chi connectivity index (χ0n) is 12.4. The molecule has 21 heavy (non-hydrogen) atoms. The van der Waals surface area contributed by atoms with Gasteiger partial charge in [0, 0.05) is 37.9 Å². The minimum Gasteiger partial charge on any atom is -0.399 e. The monoisotopic (exact) mass is 315 g/mol. The van der Waals surface area contributed by atoms with Gasteiger partial charge < -0.3 is 5.73 Å². The van der Waals surface area contributed by atoms with Crippen molar-refractivity contribution in [2.75, 3.05) is 31.9 Å². The van der Waals surface area contributed by atoms with Crippen LogP contribution in [0.2, 0.25) is 0 Å². The highest BCUT2D eigenvalue weighted by atomic mass is 32.2. The lowest BCUT2D eigenvalue weighted by Gasteiger charge is -2.37. The molecule has 1 aromatic carbocycles. The molecule has 1 atom stereocenters. The predicted octanol–water partition coefficient (Wildman–Crippen LogP) is 1.51. The van der Waals surface area contributed by atoms with Gasteiger partial charge in [0.05, 0.1) is 0 Å². The Balaban J connectivity index is 2.15. The van der Waals surface area contributed by atoms with Crippen LogP contribution in [0.3, 0.4) is 0 Å². The number of rotatable bonds is 4. The maximum Gasteiger partial charge on any atom is 0.246 e. The summed E-state index contributed by atoms with van der Waals surface area (Å²) in [7, 11) is -3.79. The van der Waals surface area contributed by atoms with Gasteiger partial charge in [-0.3, -0.25) is 4.90 Å². The van der Waals surface area contributed by atoms with Crippen LogP contribution < -0.4 is 5.73 Å². The number of sulfonamides is 1. The summed E-state index contributed by atoms with van der Waals surface area (Å²) in [5.41, 5.74) is 5.68. The second-order valence-corrected chi connectivity index (χ2v) is 7.29. The van der Waals surface area contributed by atoms with Gasteiger partial charge >= 0.3 is 0 Å². The Morgan fingerprint density at radius 1 is 1.29 bits per heavy atom. The number of hydrogen-bond donors (Lipinski definition) is 1. The van der Waals surface area contributed by atoms with E-state index in [-0.39, 0.29) is 10.6 Å². The number of nitrogens with zero attached hydrogens (tertiary/aromatic N) is 2. The van der Waals surface area contributed by atoms with Crippen LogP contribution in [-0.4, -0.2) is 49.8 Å². The van der Waals surface area contributed by atoms with Crippen molar-refractivity contribution >= 4 is 15.7 Å². The average Bonchev–Trinajstić information content (AvgIpc) is 2.46. The summed E-state index contributed by atoms with van der Waals surface area (Å²) in [5, 5.41) is 0. The third-order valence-corrected chi connectivity index (χ3v) is 5.99. The number of nitrogens with two attached hydrogens (primary N) is 1. The van der Waals surface area contributed by atoms with E-state index >= 15 is 0 Å². The maximum atomic E-state index is 13.9. The minimum absolute atomic E-state index is 0.216. The van der Waals surface area contributed by atoms with Gasteiger partial charge in [0.1, 0.15) is 10.7 Å². The van der Waals surface area contributed by atoms with Crippen LogP contribution in [0, 0.1) is 5.82 Å². The molecule has 5 nitrogen and oxygen atoms in total. The first-order chi connectivity index (χ1) is 9.86. The van der Waals surface area contributed by atoms with E-state index in [0.29, 0.717) is 32.2 Å². The molecule has 0 saturated carbocycles. The lowest BCUT2D eigenvalue weighted by Crippen LogP contribution is -2.51. The number of hydrogen-bond acceptors (Lipinski definition) is 4. The van der Waals surface area contributed by atoms with Crippen LogP contribution in [0.1, 0.15) is 20.3 Å².